The Balaban J connectivity index is 2.35. The summed E-state index contributed by atoms with van der Waals surface area (Å²) in [6.07, 6.45) is 0.128. The Morgan fingerprint density at radius 1 is 1.35 bits per heavy atom. The number of hydrogen-bond acceptors (Lipinski definition) is 4. The van der Waals surface area contributed by atoms with E-state index < -0.39 is 0 Å². The summed E-state index contributed by atoms with van der Waals surface area (Å²) in [4.78, 5) is 4.41. The van der Waals surface area contributed by atoms with E-state index in [1.165, 1.54) is 0 Å². The van der Waals surface area contributed by atoms with Crippen LogP contribution in [-0.2, 0) is 0 Å². The van der Waals surface area contributed by atoms with Gasteiger partial charge in [0.15, 0.2) is 0 Å². The first-order valence-electron chi connectivity index (χ1n) is 5.84. The summed E-state index contributed by atoms with van der Waals surface area (Å²) < 4.78 is 11.0. The van der Waals surface area contributed by atoms with Gasteiger partial charge in [-0.2, -0.15) is 0 Å². The van der Waals surface area contributed by atoms with Gasteiger partial charge in [0.1, 0.15) is 17.3 Å². The van der Waals surface area contributed by atoms with Crippen LogP contribution in [-0.4, -0.2) is 32.1 Å². The number of amidine groups is 1. The Kier molecular flexibility index (Phi) is 3.52. The lowest BCUT2D eigenvalue weighted by Crippen LogP contribution is -2.21. The van der Waals surface area contributed by atoms with E-state index in [2.05, 4.69) is 10.3 Å². The molecule has 0 amide bonds. The normalized spacial score (nSPS) is 14.5. The summed E-state index contributed by atoms with van der Waals surface area (Å²) in [6, 6.07) is 5.80. The summed E-state index contributed by atoms with van der Waals surface area (Å²) in [5.41, 5.74) is 0.997. The van der Waals surface area contributed by atoms with Crippen LogP contribution in [0.15, 0.2) is 23.2 Å². The largest absolute Gasteiger partial charge is 0.497 e. The maximum atomic E-state index is 5.80. The minimum Gasteiger partial charge on any atom is -0.497 e. The van der Waals surface area contributed by atoms with Gasteiger partial charge in [-0.05, 0) is 26.0 Å². The number of hydrogen-bond donors (Lipinski definition) is 1. The molecule has 1 heterocycles. The second-order valence-electron chi connectivity index (χ2n) is 4.19. The van der Waals surface area contributed by atoms with Crippen LogP contribution in [0.2, 0.25) is 0 Å². The second-order valence-corrected chi connectivity index (χ2v) is 4.19. The third-order valence-corrected chi connectivity index (χ3v) is 2.48. The third-order valence-electron chi connectivity index (χ3n) is 2.48. The number of methoxy groups -OCH3 is 1. The zero-order valence-electron chi connectivity index (χ0n) is 10.5. The van der Waals surface area contributed by atoms with Gasteiger partial charge < -0.3 is 14.8 Å². The molecule has 92 valence electrons. The summed E-state index contributed by atoms with van der Waals surface area (Å²) in [7, 11) is 1.65. The highest BCUT2D eigenvalue weighted by Gasteiger charge is 2.15. The SMILES string of the molecule is COc1ccc(C2=NCCN2)c(OC(C)C)c1. The van der Waals surface area contributed by atoms with Crippen molar-refractivity contribution < 1.29 is 9.47 Å². The molecule has 1 N–H and O–H groups in total. The van der Waals surface area contributed by atoms with Gasteiger partial charge in [-0.15, -0.1) is 0 Å². The van der Waals surface area contributed by atoms with Gasteiger partial charge >= 0.3 is 0 Å². The van der Waals surface area contributed by atoms with Crippen LogP contribution in [0.3, 0.4) is 0 Å². The average Bonchev–Trinajstić information content (AvgIpc) is 2.81. The molecular weight excluding hydrogens is 216 g/mol. The van der Waals surface area contributed by atoms with Gasteiger partial charge in [0, 0.05) is 12.6 Å². The third kappa shape index (κ3) is 2.70. The molecule has 0 spiro atoms. The minimum absolute atomic E-state index is 0.128. The topological polar surface area (TPSA) is 42.8 Å². The van der Waals surface area contributed by atoms with Crippen molar-refractivity contribution in [3.05, 3.63) is 23.8 Å². The van der Waals surface area contributed by atoms with Crippen LogP contribution in [0.4, 0.5) is 0 Å². The van der Waals surface area contributed by atoms with Gasteiger partial charge in [0.25, 0.3) is 0 Å². The van der Waals surface area contributed by atoms with Gasteiger partial charge in [0.2, 0.25) is 0 Å². The lowest BCUT2D eigenvalue weighted by atomic mass is 10.1. The van der Waals surface area contributed by atoms with E-state index in [0.717, 1.165) is 36.0 Å². The van der Waals surface area contributed by atoms with Crippen LogP contribution in [0, 0.1) is 0 Å². The smallest absolute Gasteiger partial charge is 0.134 e. The molecule has 4 heteroatoms. The Morgan fingerprint density at radius 3 is 2.76 bits per heavy atom. The predicted molar refractivity (Wildman–Crippen MR) is 68.2 cm³/mol. The summed E-state index contributed by atoms with van der Waals surface area (Å²) in [6.45, 7) is 5.73. The molecule has 4 nitrogen and oxygen atoms in total. The lowest BCUT2D eigenvalue weighted by molar-refractivity contribution is 0.240. The van der Waals surface area contributed by atoms with E-state index in [0.29, 0.717) is 0 Å². The van der Waals surface area contributed by atoms with E-state index in [1.54, 1.807) is 7.11 Å². The Hall–Kier alpha value is -1.71. The van der Waals surface area contributed by atoms with Gasteiger partial charge in [-0.3, -0.25) is 4.99 Å². The molecule has 0 saturated carbocycles. The number of benzene rings is 1. The maximum Gasteiger partial charge on any atom is 0.134 e. The molecule has 0 bridgehead atoms. The van der Waals surface area contributed by atoms with Crippen LogP contribution in [0.25, 0.3) is 0 Å². The van der Waals surface area contributed by atoms with Crippen LogP contribution in [0.1, 0.15) is 19.4 Å². The summed E-state index contributed by atoms with van der Waals surface area (Å²) in [5, 5.41) is 3.25. The fraction of sp³-hybridized carbons (Fsp3) is 0.462. The molecule has 1 aromatic carbocycles. The van der Waals surface area contributed by atoms with Crippen LogP contribution >= 0.6 is 0 Å². The molecule has 0 aromatic heterocycles. The van der Waals surface area contributed by atoms with Crippen molar-refractivity contribution >= 4 is 5.84 Å². The van der Waals surface area contributed by atoms with Gasteiger partial charge in [0.05, 0.1) is 25.3 Å². The van der Waals surface area contributed by atoms with Crippen LogP contribution < -0.4 is 14.8 Å². The molecule has 0 fully saturated rings. The molecule has 1 aliphatic heterocycles. The predicted octanol–water partition coefficient (Wildman–Crippen LogP) is 1.83. The Bertz CT molecular complexity index is 427. The highest BCUT2D eigenvalue weighted by Crippen LogP contribution is 2.26. The van der Waals surface area contributed by atoms with E-state index >= 15 is 0 Å². The monoisotopic (exact) mass is 234 g/mol. The highest BCUT2D eigenvalue weighted by atomic mass is 16.5. The molecule has 0 aliphatic carbocycles. The van der Waals surface area contributed by atoms with Crippen molar-refractivity contribution in [1.29, 1.82) is 0 Å². The molecular formula is C13H18N2O2. The molecule has 0 saturated heterocycles. The first kappa shape index (κ1) is 11.8. The van der Waals surface area contributed by atoms with Crippen molar-refractivity contribution in [2.45, 2.75) is 20.0 Å². The summed E-state index contributed by atoms with van der Waals surface area (Å²) >= 11 is 0. The average molecular weight is 234 g/mol. The molecule has 0 radical (unpaired) electrons. The number of ether oxygens (including phenoxy) is 2. The van der Waals surface area contributed by atoms with Gasteiger partial charge in [-0.1, -0.05) is 0 Å². The molecule has 1 aliphatic rings. The lowest BCUT2D eigenvalue weighted by Gasteiger charge is -2.15. The quantitative estimate of drug-likeness (QED) is 0.864. The molecule has 0 atom stereocenters. The van der Waals surface area contributed by atoms with Crippen molar-refractivity contribution in [2.24, 2.45) is 4.99 Å². The molecule has 17 heavy (non-hydrogen) atoms. The zero-order valence-corrected chi connectivity index (χ0v) is 10.5. The standard InChI is InChI=1S/C13H18N2O2/c1-9(2)17-12-8-10(16-3)4-5-11(12)13-14-6-7-15-13/h4-5,8-9H,6-7H2,1-3H3,(H,14,15). The van der Waals surface area contributed by atoms with Crippen molar-refractivity contribution in [2.75, 3.05) is 20.2 Å². The first-order valence-corrected chi connectivity index (χ1v) is 5.84. The molecule has 1 aromatic rings. The second kappa shape index (κ2) is 5.08. The maximum absolute atomic E-state index is 5.80. The number of rotatable bonds is 4. The zero-order chi connectivity index (χ0) is 12.3. The van der Waals surface area contributed by atoms with Crippen molar-refractivity contribution in [3.8, 4) is 11.5 Å². The van der Waals surface area contributed by atoms with E-state index in [1.807, 2.05) is 32.0 Å². The van der Waals surface area contributed by atoms with Crippen molar-refractivity contribution in [1.82, 2.24) is 5.32 Å². The minimum atomic E-state index is 0.128. The number of nitrogens with zero attached hydrogens (tertiary/aromatic N) is 1. The van der Waals surface area contributed by atoms with Crippen LogP contribution in [0.5, 0.6) is 11.5 Å². The van der Waals surface area contributed by atoms with Crippen molar-refractivity contribution in [3.63, 3.8) is 0 Å². The fourth-order valence-electron chi connectivity index (χ4n) is 1.76. The molecule has 0 unspecified atom stereocenters. The van der Waals surface area contributed by atoms with E-state index in [9.17, 15) is 0 Å². The molecule has 2 rings (SSSR count). The Morgan fingerprint density at radius 2 is 2.18 bits per heavy atom. The number of aliphatic imine (C=N–C) groups is 1. The van der Waals surface area contributed by atoms with E-state index in [-0.39, 0.29) is 6.10 Å². The van der Waals surface area contributed by atoms with Gasteiger partial charge in [-0.25, -0.2) is 0 Å². The fourth-order valence-corrected chi connectivity index (χ4v) is 1.76. The summed E-state index contributed by atoms with van der Waals surface area (Å²) in [5.74, 6) is 2.51. The first-order chi connectivity index (χ1) is 8.20. The Labute approximate surface area is 102 Å². The van der Waals surface area contributed by atoms with E-state index in [4.69, 9.17) is 9.47 Å². The highest BCUT2D eigenvalue weighted by molar-refractivity contribution is 6.02. The number of nitrogens with one attached hydrogen (secondary N) is 1.